The SMILES string of the molecule is c1ccc(-c2ccc(N(c3ccc(-c4ccccc4)cc3-c3ccccc3)c3cccc4sc5cc6nc(-c7ccccc7)sc6cc5c34)cc2)cc1. The quantitative estimate of drug-likeness (QED) is 0.164. The molecule has 2 aromatic heterocycles. The molecule has 250 valence electrons. The maximum atomic E-state index is 5.08. The molecule has 53 heavy (non-hydrogen) atoms. The molecule has 0 aliphatic rings. The van der Waals surface area contributed by atoms with Gasteiger partial charge in [0.1, 0.15) is 5.01 Å². The molecule has 8 aromatic carbocycles. The van der Waals surface area contributed by atoms with Gasteiger partial charge in [-0.3, -0.25) is 0 Å². The van der Waals surface area contributed by atoms with Gasteiger partial charge in [0.05, 0.1) is 21.6 Å². The molecule has 0 unspecified atom stereocenters. The topological polar surface area (TPSA) is 16.1 Å². The van der Waals surface area contributed by atoms with Crippen molar-refractivity contribution in [3.8, 4) is 44.0 Å². The molecule has 4 heteroatoms. The number of anilines is 3. The van der Waals surface area contributed by atoms with Crippen molar-refractivity contribution >= 4 is 70.1 Å². The molecular formula is C49H32N2S2. The van der Waals surface area contributed by atoms with Crippen molar-refractivity contribution in [3.63, 3.8) is 0 Å². The van der Waals surface area contributed by atoms with E-state index in [1.807, 2.05) is 11.3 Å². The number of hydrogen-bond acceptors (Lipinski definition) is 4. The van der Waals surface area contributed by atoms with Gasteiger partial charge < -0.3 is 4.90 Å². The minimum atomic E-state index is 1.05. The Bertz CT molecular complexity index is 2860. The molecule has 0 N–H and O–H groups in total. The summed E-state index contributed by atoms with van der Waals surface area (Å²) in [6.45, 7) is 0. The highest BCUT2D eigenvalue weighted by Crippen LogP contribution is 2.49. The van der Waals surface area contributed by atoms with Crippen molar-refractivity contribution < 1.29 is 0 Å². The normalized spacial score (nSPS) is 11.4. The molecule has 0 aliphatic carbocycles. The number of thiazole rings is 1. The van der Waals surface area contributed by atoms with E-state index in [1.54, 1.807) is 11.3 Å². The molecule has 0 spiro atoms. The lowest BCUT2D eigenvalue weighted by molar-refractivity contribution is 1.30. The van der Waals surface area contributed by atoms with Crippen molar-refractivity contribution in [2.24, 2.45) is 0 Å². The van der Waals surface area contributed by atoms with Crippen LogP contribution in [0.2, 0.25) is 0 Å². The van der Waals surface area contributed by atoms with Crippen LogP contribution in [0.5, 0.6) is 0 Å². The Morgan fingerprint density at radius 3 is 1.64 bits per heavy atom. The zero-order valence-electron chi connectivity index (χ0n) is 28.7. The highest BCUT2D eigenvalue weighted by atomic mass is 32.1. The zero-order chi connectivity index (χ0) is 35.1. The van der Waals surface area contributed by atoms with E-state index < -0.39 is 0 Å². The molecular weight excluding hydrogens is 681 g/mol. The summed E-state index contributed by atoms with van der Waals surface area (Å²) in [4.78, 5) is 7.55. The van der Waals surface area contributed by atoms with E-state index in [0.717, 1.165) is 33.1 Å². The van der Waals surface area contributed by atoms with Gasteiger partial charge in [0, 0.05) is 37.0 Å². The van der Waals surface area contributed by atoms with Crippen LogP contribution in [0.1, 0.15) is 0 Å². The van der Waals surface area contributed by atoms with Gasteiger partial charge in [-0.2, -0.15) is 0 Å². The molecule has 0 radical (unpaired) electrons. The summed E-state index contributed by atoms with van der Waals surface area (Å²) in [6, 6.07) is 69.9. The molecule has 10 rings (SSSR count). The van der Waals surface area contributed by atoms with Crippen LogP contribution in [0.4, 0.5) is 17.1 Å². The summed E-state index contributed by atoms with van der Waals surface area (Å²) in [5.41, 5.74) is 12.7. The van der Waals surface area contributed by atoms with Crippen LogP contribution in [-0.2, 0) is 0 Å². The summed E-state index contributed by atoms with van der Waals surface area (Å²) < 4.78 is 3.69. The van der Waals surface area contributed by atoms with Crippen molar-refractivity contribution in [1.82, 2.24) is 4.98 Å². The lowest BCUT2D eigenvalue weighted by Gasteiger charge is -2.29. The molecule has 2 heterocycles. The Hall–Kier alpha value is -6.33. The Kier molecular flexibility index (Phi) is 7.90. The molecule has 2 nitrogen and oxygen atoms in total. The number of fused-ring (bicyclic) bond motifs is 4. The number of benzene rings is 8. The van der Waals surface area contributed by atoms with E-state index in [-0.39, 0.29) is 0 Å². The van der Waals surface area contributed by atoms with Gasteiger partial charge >= 0.3 is 0 Å². The van der Waals surface area contributed by atoms with Crippen molar-refractivity contribution in [3.05, 3.63) is 194 Å². The first-order chi connectivity index (χ1) is 26.3. The van der Waals surface area contributed by atoms with Crippen molar-refractivity contribution in [2.75, 3.05) is 4.90 Å². The predicted octanol–water partition coefficient (Wildman–Crippen LogP) is 14.8. The van der Waals surface area contributed by atoms with E-state index in [9.17, 15) is 0 Å². The van der Waals surface area contributed by atoms with Crippen LogP contribution >= 0.6 is 22.7 Å². The van der Waals surface area contributed by atoms with Gasteiger partial charge in [0.2, 0.25) is 0 Å². The summed E-state index contributed by atoms with van der Waals surface area (Å²) >= 11 is 3.60. The molecule has 0 saturated heterocycles. The summed E-state index contributed by atoms with van der Waals surface area (Å²) in [6.07, 6.45) is 0. The van der Waals surface area contributed by atoms with Gasteiger partial charge in [-0.05, 0) is 76.3 Å². The van der Waals surface area contributed by atoms with Gasteiger partial charge in [0.25, 0.3) is 0 Å². The molecule has 0 bridgehead atoms. The van der Waals surface area contributed by atoms with E-state index in [0.29, 0.717) is 0 Å². The molecule has 0 atom stereocenters. The summed E-state index contributed by atoms with van der Waals surface area (Å²) in [5.74, 6) is 0. The zero-order valence-corrected chi connectivity index (χ0v) is 30.3. The van der Waals surface area contributed by atoms with Crippen molar-refractivity contribution in [1.29, 1.82) is 0 Å². The van der Waals surface area contributed by atoms with Gasteiger partial charge in [-0.15, -0.1) is 22.7 Å². The van der Waals surface area contributed by atoms with Crippen LogP contribution in [0.15, 0.2) is 194 Å². The van der Waals surface area contributed by atoms with E-state index in [4.69, 9.17) is 4.98 Å². The highest BCUT2D eigenvalue weighted by Gasteiger charge is 2.23. The average Bonchev–Trinajstić information content (AvgIpc) is 3.83. The molecule has 0 amide bonds. The largest absolute Gasteiger partial charge is 0.309 e. The standard InChI is InChI=1S/C49H32N2S2/c1-5-14-33(15-6-1)35-24-27-39(28-25-35)51(43-29-26-38(34-16-7-2-8-17-34)30-40(43)36-18-9-3-10-19-36)44-22-13-23-45-48(44)41-31-47-42(32-46(41)52-45)50-49(53-47)37-20-11-4-12-21-37/h1-32H. The Morgan fingerprint density at radius 2 is 0.962 bits per heavy atom. The lowest BCUT2D eigenvalue weighted by Crippen LogP contribution is -2.11. The second-order valence-electron chi connectivity index (χ2n) is 13.2. The first-order valence-electron chi connectivity index (χ1n) is 17.8. The summed E-state index contributed by atoms with van der Waals surface area (Å²) in [7, 11) is 0. The third-order valence-electron chi connectivity index (χ3n) is 9.91. The fourth-order valence-electron chi connectivity index (χ4n) is 7.35. The Balaban J connectivity index is 1.22. The number of hydrogen-bond donors (Lipinski definition) is 0. The van der Waals surface area contributed by atoms with Crippen LogP contribution in [0.25, 0.3) is 74.3 Å². The Labute approximate surface area is 316 Å². The Morgan fingerprint density at radius 1 is 0.377 bits per heavy atom. The van der Waals surface area contributed by atoms with E-state index >= 15 is 0 Å². The predicted molar refractivity (Wildman–Crippen MR) is 229 cm³/mol. The smallest absolute Gasteiger partial charge is 0.124 e. The van der Waals surface area contributed by atoms with Crippen molar-refractivity contribution in [2.45, 2.75) is 0 Å². The number of aromatic nitrogens is 1. The fraction of sp³-hybridized carbons (Fsp3) is 0. The number of rotatable bonds is 7. The van der Waals surface area contributed by atoms with E-state index in [1.165, 1.54) is 58.3 Å². The molecule has 10 aromatic rings. The first kappa shape index (κ1) is 31.4. The van der Waals surface area contributed by atoms with E-state index in [2.05, 4.69) is 199 Å². The third kappa shape index (κ3) is 5.79. The molecule has 0 aliphatic heterocycles. The third-order valence-corrected chi connectivity index (χ3v) is 12.1. The minimum Gasteiger partial charge on any atom is -0.309 e. The fourth-order valence-corrected chi connectivity index (χ4v) is 9.48. The molecule has 0 saturated carbocycles. The average molecular weight is 713 g/mol. The van der Waals surface area contributed by atoms with Crippen LogP contribution in [-0.4, -0.2) is 4.98 Å². The number of nitrogens with zero attached hydrogens (tertiary/aromatic N) is 2. The second-order valence-corrected chi connectivity index (χ2v) is 15.3. The highest BCUT2D eigenvalue weighted by molar-refractivity contribution is 7.26. The van der Waals surface area contributed by atoms with Crippen LogP contribution in [0, 0.1) is 0 Å². The van der Waals surface area contributed by atoms with Crippen LogP contribution in [0.3, 0.4) is 0 Å². The monoisotopic (exact) mass is 712 g/mol. The maximum absolute atomic E-state index is 5.08. The second kappa shape index (κ2) is 13.3. The molecule has 0 fully saturated rings. The van der Waals surface area contributed by atoms with Gasteiger partial charge in [-0.1, -0.05) is 146 Å². The number of thiophene rings is 1. The first-order valence-corrected chi connectivity index (χ1v) is 19.4. The van der Waals surface area contributed by atoms with Crippen LogP contribution < -0.4 is 4.90 Å². The maximum Gasteiger partial charge on any atom is 0.124 e. The lowest BCUT2D eigenvalue weighted by atomic mass is 9.95. The van der Waals surface area contributed by atoms with Gasteiger partial charge in [0.15, 0.2) is 0 Å². The van der Waals surface area contributed by atoms with Gasteiger partial charge in [-0.25, -0.2) is 4.98 Å². The summed E-state index contributed by atoms with van der Waals surface area (Å²) in [5, 5.41) is 3.56. The minimum absolute atomic E-state index is 1.05.